The second-order valence-electron chi connectivity index (χ2n) is 3.48. The average Bonchev–Trinajstić information content (AvgIpc) is 2.76. The average molecular weight is 254 g/mol. The molecule has 1 unspecified atom stereocenters. The van der Waals surface area contributed by atoms with Crippen LogP contribution in [0.3, 0.4) is 0 Å². The zero-order chi connectivity index (χ0) is 12.3. The van der Waals surface area contributed by atoms with Gasteiger partial charge >= 0.3 is 0 Å². The maximum atomic E-state index is 11.0. The molecule has 0 amide bonds. The predicted molar refractivity (Wildman–Crippen MR) is 68.7 cm³/mol. The van der Waals surface area contributed by atoms with E-state index in [0.717, 1.165) is 5.39 Å². The van der Waals surface area contributed by atoms with Crippen LogP contribution in [0.25, 0.3) is 11.0 Å². The molecule has 0 aromatic carbocycles. The van der Waals surface area contributed by atoms with Crippen molar-refractivity contribution < 1.29 is 4.21 Å². The number of aromatic nitrogens is 4. The van der Waals surface area contributed by atoms with Crippen molar-refractivity contribution in [1.29, 1.82) is 0 Å². The number of anilines is 2. The molecular weight excluding hydrogens is 240 g/mol. The Balaban J connectivity index is 2.24. The van der Waals surface area contributed by atoms with Crippen molar-refractivity contribution in [3.63, 3.8) is 0 Å². The highest BCUT2D eigenvalue weighted by Gasteiger charge is 2.08. The van der Waals surface area contributed by atoms with Gasteiger partial charge in [0, 0.05) is 36.4 Å². The third kappa shape index (κ3) is 2.70. The van der Waals surface area contributed by atoms with E-state index in [2.05, 4.69) is 30.8 Å². The lowest BCUT2D eigenvalue weighted by Gasteiger charge is -2.07. The Kier molecular flexibility index (Phi) is 3.52. The van der Waals surface area contributed by atoms with Gasteiger partial charge in [0.15, 0.2) is 5.65 Å². The first-order valence-corrected chi connectivity index (χ1v) is 6.86. The summed E-state index contributed by atoms with van der Waals surface area (Å²) in [6, 6.07) is 0. The molecule has 0 aliphatic rings. The third-order valence-corrected chi connectivity index (χ3v) is 2.99. The highest BCUT2D eigenvalue weighted by atomic mass is 32.2. The second-order valence-corrected chi connectivity index (χ2v) is 5.04. The van der Waals surface area contributed by atoms with Crippen molar-refractivity contribution in [2.24, 2.45) is 0 Å². The van der Waals surface area contributed by atoms with Crippen LogP contribution in [-0.2, 0) is 10.8 Å². The Bertz CT molecular complexity index is 539. The molecule has 8 heteroatoms. The van der Waals surface area contributed by atoms with Gasteiger partial charge in [0.1, 0.15) is 5.82 Å². The van der Waals surface area contributed by atoms with Crippen molar-refractivity contribution in [3.8, 4) is 0 Å². The molecule has 0 aliphatic heterocycles. The molecule has 7 nitrogen and oxygen atoms in total. The molecular formula is C9H14N6OS. The summed E-state index contributed by atoms with van der Waals surface area (Å²) in [4.78, 5) is 8.51. The zero-order valence-electron chi connectivity index (χ0n) is 9.65. The Hall–Kier alpha value is -1.70. The number of hydrogen-bond acceptors (Lipinski definition) is 6. The van der Waals surface area contributed by atoms with Crippen molar-refractivity contribution >= 4 is 33.6 Å². The summed E-state index contributed by atoms with van der Waals surface area (Å²) in [5.41, 5.74) is 0.671. The van der Waals surface area contributed by atoms with Gasteiger partial charge in [-0.1, -0.05) is 0 Å². The van der Waals surface area contributed by atoms with E-state index >= 15 is 0 Å². The molecule has 0 saturated carbocycles. The number of fused-ring (bicyclic) bond motifs is 1. The highest BCUT2D eigenvalue weighted by Crippen LogP contribution is 2.19. The van der Waals surface area contributed by atoms with Gasteiger partial charge in [0.05, 0.1) is 11.6 Å². The minimum atomic E-state index is -0.815. The summed E-state index contributed by atoms with van der Waals surface area (Å²) >= 11 is 0. The Morgan fingerprint density at radius 2 is 2.29 bits per heavy atom. The summed E-state index contributed by atoms with van der Waals surface area (Å²) in [5, 5.41) is 13.6. The van der Waals surface area contributed by atoms with Gasteiger partial charge in [-0.2, -0.15) is 15.1 Å². The van der Waals surface area contributed by atoms with Crippen LogP contribution in [0.1, 0.15) is 0 Å². The van der Waals surface area contributed by atoms with Crippen LogP contribution in [0.4, 0.5) is 11.8 Å². The fourth-order valence-corrected chi connectivity index (χ4v) is 1.78. The van der Waals surface area contributed by atoms with Crippen LogP contribution in [0.2, 0.25) is 0 Å². The van der Waals surface area contributed by atoms with Gasteiger partial charge in [-0.15, -0.1) is 0 Å². The second kappa shape index (κ2) is 5.09. The van der Waals surface area contributed by atoms with Crippen molar-refractivity contribution in [2.45, 2.75) is 0 Å². The smallest absolute Gasteiger partial charge is 0.226 e. The molecule has 92 valence electrons. The van der Waals surface area contributed by atoms with E-state index in [1.165, 1.54) is 0 Å². The summed E-state index contributed by atoms with van der Waals surface area (Å²) in [7, 11) is 0.937. The molecule has 2 aromatic rings. The molecule has 17 heavy (non-hydrogen) atoms. The quantitative estimate of drug-likeness (QED) is 0.704. The van der Waals surface area contributed by atoms with Gasteiger partial charge in [-0.3, -0.25) is 9.31 Å². The molecule has 2 rings (SSSR count). The van der Waals surface area contributed by atoms with E-state index in [1.54, 1.807) is 19.5 Å². The van der Waals surface area contributed by atoms with Gasteiger partial charge in [0.25, 0.3) is 0 Å². The standard InChI is InChI=1S/C9H14N6OS/c1-10-9-13-7(11-3-4-17(2)16)6-5-12-15-8(6)14-9/h5H,3-4H2,1-2H3,(H3,10,11,12,13,14,15). The van der Waals surface area contributed by atoms with E-state index in [9.17, 15) is 4.21 Å². The Morgan fingerprint density at radius 3 is 3.00 bits per heavy atom. The van der Waals surface area contributed by atoms with E-state index in [0.29, 0.717) is 29.7 Å². The van der Waals surface area contributed by atoms with Crippen LogP contribution >= 0.6 is 0 Å². The Morgan fingerprint density at radius 1 is 1.47 bits per heavy atom. The minimum absolute atomic E-state index is 0.516. The molecule has 0 aliphatic carbocycles. The van der Waals surface area contributed by atoms with Crippen LogP contribution in [0.5, 0.6) is 0 Å². The topological polar surface area (TPSA) is 95.6 Å². The summed E-state index contributed by atoms with van der Waals surface area (Å²) in [6.45, 7) is 0.601. The van der Waals surface area contributed by atoms with Gasteiger partial charge in [-0.25, -0.2) is 0 Å². The van der Waals surface area contributed by atoms with E-state index < -0.39 is 10.8 Å². The van der Waals surface area contributed by atoms with Crippen molar-refractivity contribution in [2.75, 3.05) is 36.2 Å². The molecule has 0 saturated heterocycles. The minimum Gasteiger partial charge on any atom is -0.368 e. The number of aromatic amines is 1. The largest absolute Gasteiger partial charge is 0.368 e. The van der Waals surface area contributed by atoms with Crippen LogP contribution in [-0.4, -0.2) is 50.0 Å². The molecule has 1 atom stereocenters. The molecule has 3 N–H and O–H groups in total. The van der Waals surface area contributed by atoms with E-state index in [1.807, 2.05) is 0 Å². The highest BCUT2D eigenvalue weighted by molar-refractivity contribution is 7.84. The van der Waals surface area contributed by atoms with Crippen LogP contribution in [0, 0.1) is 0 Å². The number of rotatable bonds is 5. The normalized spacial score (nSPS) is 12.6. The van der Waals surface area contributed by atoms with Crippen LogP contribution in [0.15, 0.2) is 6.20 Å². The molecule has 2 aromatic heterocycles. The van der Waals surface area contributed by atoms with Gasteiger partial charge < -0.3 is 10.6 Å². The van der Waals surface area contributed by atoms with Gasteiger partial charge in [0.2, 0.25) is 5.95 Å². The van der Waals surface area contributed by atoms with Crippen LogP contribution < -0.4 is 10.6 Å². The third-order valence-electron chi connectivity index (χ3n) is 2.22. The first kappa shape index (κ1) is 11.8. The summed E-state index contributed by atoms with van der Waals surface area (Å²) in [5.74, 6) is 1.79. The lowest BCUT2D eigenvalue weighted by atomic mass is 10.4. The molecule has 0 fully saturated rings. The van der Waals surface area contributed by atoms with Crippen molar-refractivity contribution in [1.82, 2.24) is 20.2 Å². The first-order chi connectivity index (χ1) is 8.20. The summed E-state index contributed by atoms with van der Waals surface area (Å²) in [6.07, 6.45) is 3.34. The lowest BCUT2D eigenvalue weighted by molar-refractivity contribution is 0.687. The number of nitrogens with one attached hydrogen (secondary N) is 3. The maximum Gasteiger partial charge on any atom is 0.226 e. The molecule has 0 radical (unpaired) electrons. The zero-order valence-corrected chi connectivity index (χ0v) is 10.5. The Labute approximate surface area is 101 Å². The SMILES string of the molecule is CNc1nc(NCCS(C)=O)c2cn[nH]c2n1. The fourth-order valence-electron chi connectivity index (χ4n) is 1.39. The molecule has 0 bridgehead atoms. The number of hydrogen-bond donors (Lipinski definition) is 3. The maximum absolute atomic E-state index is 11.0. The summed E-state index contributed by atoms with van der Waals surface area (Å²) < 4.78 is 11.0. The first-order valence-electron chi connectivity index (χ1n) is 5.13. The number of H-pyrrole nitrogens is 1. The predicted octanol–water partition coefficient (Wildman–Crippen LogP) is 0.185. The van der Waals surface area contributed by atoms with Crippen molar-refractivity contribution in [3.05, 3.63) is 6.20 Å². The van der Waals surface area contributed by atoms with E-state index in [-0.39, 0.29) is 0 Å². The molecule has 0 spiro atoms. The van der Waals surface area contributed by atoms with Gasteiger partial charge in [-0.05, 0) is 0 Å². The fraction of sp³-hybridized carbons (Fsp3) is 0.444. The van der Waals surface area contributed by atoms with E-state index in [4.69, 9.17) is 0 Å². The lowest BCUT2D eigenvalue weighted by Crippen LogP contribution is -2.12. The molecule has 2 heterocycles. The monoisotopic (exact) mass is 254 g/mol. The number of nitrogens with zero attached hydrogens (tertiary/aromatic N) is 3.